The topological polar surface area (TPSA) is 143 Å². The molecule has 0 bridgehead atoms. The molecule has 3 rings (SSSR count). The number of carbonyl (C=O) groups is 3. The molecule has 3 N–H and O–H groups in total. The summed E-state index contributed by atoms with van der Waals surface area (Å²) in [5.74, 6) is -1.79. The normalized spacial score (nSPS) is 10.8. The van der Waals surface area contributed by atoms with E-state index in [2.05, 4.69) is 10.3 Å². The van der Waals surface area contributed by atoms with Crippen molar-refractivity contribution in [3.8, 4) is 0 Å². The smallest absolute Gasteiger partial charge is 0.348 e. The Bertz CT molecular complexity index is 1220. The number of aryl methyl sites for hydroxylation is 1. The lowest BCUT2D eigenvalue weighted by molar-refractivity contribution is -0.116. The van der Waals surface area contributed by atoms with Crippen molar-refractivity contribution in [2.75, 3.05) is 25.6 Å². The molecule has 31 heavy (non-hydrogen) atoms. The number of thiophene rings is 1. The lowest BCUT2D eigenvalue weighted by atomic mass is 10.1. The van der Waals surface area contributed by atoms with Crippen LogP contribution >= 0.6 is 11.3 Å². The number of carbonyl (C=O) groups excluding carboxylic acids is 3. The third kappa shape index (κ3) is 4.78. The minimum Gasteiger partial charge on any atom is -0.459 e. The molecule has 1 aromatic carbocycles. The fourth-order valence-corrected chi connectivity index (χ4v) is 3.93. The highest BCUT2D eigenvalue weighted by Crippen LogP contribution is 2.27. The van der Waals surface area contributed by atoms with Crippen molar-refractivity contribution < 1.29 is 23.9 Å². The van der Waals surface area contributed by atoms with Gasteiger partial charge in [0.15, 0.2) is 0 Å². The number of primary amides is 1. The molecule has 2 aromatic heterocycles. The van der Waals surface area contributed by atoms with E-state index in [0.717, 1.165) is 15.9 Å². The number of methoxy groups -OCH3 is 1. The van der Waals surface area contributed by atoms with E-state index in [1.54, 1.807) is 19.1 Å². The maximum atomic E-state index is 12.9. The van der Waals surface area contributed by atoms with Gasteiger partial charge >= 0.3 is 5.97 Å². The number of rotatable bonds is 8. The van der Waals surface area contributed by atoms with Crippen molar-refractivity contribution >= 4 is 45.0 Å². The van der Waals surface area contributed by atoms with Gasteiger partial charge in [0.1, 0.15) is 22.9 Å². The third-order valence-electron chi connectivity index (χ3n) is 4.40. The lowest BCUT2D eigenvalue weighted by Gasteiger charge is -2.10. The summed E-state index contributed by atoms with van der Waals surface area (Å²) < 4.78 is 11.1. The molecule has 0 aliphatic carbocycles. The minimum absolute atomic E-state index is 0.0909. The molecular formula is C20H20N4O6S. The van der Waals surface area contributed by atoms with Crippen LogP contribution < -0.4 is 16.6 Å². The van der Waals surface area contributed by atoms with E-state index in [-0.39, 0.29) is 41.3 Å². The minimum atomic E-state index is -0.685. The highest BCUT2D eigenvalue weighted by atomic mass is 32.1. The Morgan fingerprint density at radius 3 is 2.68 bits per heavy atom. The van der Waals surface area contributed by atoms with E-state index in [0.29, 0.717) is 10.4 Å². The van der Waals surface area contributed by atoms with E-state index >= 15 is 0 Å². The fourth-order valence-electron chi connectivity index (χ4n) is 2.90. The Hall–Kier alpha value is -3.57. The van der Waals surface area contributed by atoms with Gasteiger partial charge in [-0.15, -0.1) is 11.3 Å². The van der Waals surface area contributed by atoms with Crippen molar-refractivity contribution in [1.29, 1.82) is 0 Å². The van der Waals surface area contributed by atoms with E-state index in [1.807, 2.05) is 0 Å². The predicted molar refractivity (Wildman–Crippen MR) is 114 cm³/mol. The number of hydrogen-bond acceptors (Lipinski definition) is 8. The molecule has 0 saturated heterocycles. The molecule has 0 spiro atoms. The number of nitrogens with zero attached hydrogens (tertiary/aromatic N) is 2. The highest BCUT2D eigenvalue weighted by molar-refractivity contribution is 7.20. The number of nitrogens with one attached hydrogen (secondary N) is 1. The molecule has 2 amide bonds. The van der Waals surface area contributed by atoms with Crippen LogP contribution in [0.1, 0.15) is 25.6 Å². The van der Waals surface area contributed by atoms with Gasteiger partial charge in [0.05, 0.1) is 29.6 Å². The van der Waals surface area contributed by atoms with Crippen LogP contribution in [0.5, 0.6) is 0 Å². The number of ether oxygens (including phenoxy) is 2. The number of amides is 2. The zero-order valence-electron chi connectivity index (χ0n) is 16.8. The first-order chi connectivity index (χ1) is 14.8. The van der Waals surface area contributed by atoms with E-state index in [9.17, 15) is 19.2 Å². The van der Waals surface area contributed by atoms with Crippen LogP contribution in [0.3, 0.4) is 0 Å². The van der Waals surface area contributed by atoms with Gasteiger partial charge in [-0.1, -0.05) is 12.1 Å². The number of benzene rings is 1. The molecular weight excluding hydrogens is 424 g/mol. The largest absolute Gasteiger partial charge is 0.459 e. The van der Waals surface area contributed by atoms with Gasteiger partial charge in [-0.3, -0.25) is 19.0 Å². The second-order valence-electron chi connectivity index (χ2n) is 6.50. The number of aromatic nitrogens is 2. The quantitative estimate of drug-likeness (QED) is 0.394. The summed E-state index contributed by atoms with van der Waals surface area (Å²) in [6, 6.07) is 6.28. The molecule has 0 aliphatic rings. The van der Waals surface area contributed by atoms with E-state index in [4.69, 9.17) is 15.2 Å². The first-order valence-electron chi connectivity index (χ1n) is 9.16. The van der Waals surface area contributed by atoms with Crippen LogP contribution in [0.15, 0.2) is 35.4 Å². The average molecular weight is 444 g/mol. The van der Waals surface area contributed by atoms with Crippen LogP contribution in [0.25, 0.3) is 10.2 Å². The summed E-state index contributed by atoms with van der Waals surface area (Å²) in [5.41, 5.74) is 5.69. The van der Waals surface area contributed by atoms with E-state index in [1.165, 1.54) is 25.6 Å². The zero-order chi connectivity index (χ0) is 22.5. The van der Waals surface area contributed by atoms with Gasteiger partial charge in [0.2, 0.25) is 5.91 Å². The molecule has 11 heteroatoms. The van der Waals surface area contributed by atoms with Crippen molar-refractivity contribution in [2.45, 2.75) is 13.5 Å². The molecule has 0 radical (unpaired) electrons. The molecule has 0 saturated carbocycles. The summed E-state index contributed by atoms with van der Waals surface area (Å²) in [5, 5.41) is 2.82. The van der Waals surface area contributed by atoms with Crippen LogP contribution in [-0.4, -0.2) is 47.7 Å². The van der Waals surface area contributed by atoms with Crippen molar-refractivity contribution in [3.63, 3.8) is 0 Å². The molecule has 0 unspecified atom stereocenters. The Kier molecular flexibility index (Phi) is 6.78. The number of para-hydroxylation sites is 1. The number of esters is 1. The fraction of sp³-hybridized carbons (Fsp3) is 0.250. The first kappa shape index (κ1) is 22.1. The van der Waals surface area contributed by atoms with Gasteiger partial charge in [-0.25, -0.2) is 9.78 Å². The van der Waals surface area contributed by atoms with Gasteiger partial charge in [-0.2, -0.15) is 0 Å². The predicted octanol–water partition coefficient (Wildman–Crippen LogP) is 1.31. The summed E-state index contributed by atoms with van der Waals surface area (Å²) in [7, 11) is 1.49. The Morgan fingerprint density at radius 2 is 1.97 bits per heavy atom. The van der Waals surface area contributed by atoms with E-state index < -0.39 is 23.3 Å². The second kappa shape index (κ2) is 9.49. The monoisotopic (exact) mass is 444 g/mol. The molecule has 0 aliphatic heterocycles. The number of hydrogen-bond donors (Lipinski definition) is 2. The molecule has 10 nitrogen and oxygen atoms in total. The number of nitrogens with two attached hydrogens (primary N) is 1. The van der Waals surface area contributed by atoms with Gasteiger partial charge < -0.3 is 20.5 Å². The second-order valence-corrected chi connectivity index (χ2v) is 7.50. The molecule has 2 heterocycles. The third-order valence-corrected chi connectivity index (χ3v) is 5.58. The highest BCUT2D eigenvalue weighted by Gasteiger charge is 2.21. The van der Waals surface area contributed by atoms with Crippen molar-refractivity contribution in [3.05, 3.63) is 57.0 Å². The summed E-state index contributed by atoms with van der Waals surface area (Å²) in [4.78, 5) is 54.0. The number of anilines is 1. The molecule has 0 fully saturated rings. The first-order valence-corrected chi connectivity index (χ1v) is 9.98. The van der Waals surface area contributed by atoms with Crippen molar-refractivity contribution in [2.24, 2.45) is 5.73 Å². The molecule has 0 atom stereocenters. The lowest BCUT2D eigenvalue weighted by Crippen LogP contribution is -2.28. The standard InChI is InChI=1S/C20H20N4O6S/c1-11-15-18(31-16(11)20(28)30-8-7-29-2)22-10-24(19(15)27)9-14(25)23-13-6-4-3-5-12(13)17(21)26/h3-6,10H,7-9H2,1-2H3,(H2,21,26)(H,23,25). The van der Waals surface area contributed by atoms with Crippen LogP contribution in [0.2, 0.25) is 0 Å². The number of fused-ring (bicyclic) bond motifs is 1. The van der Waals surface area contributed by atoms with Crippen molar-refractivity contribution in [1.82, 2.24) is 9.55 Å². The maximum Gasteiger partial charge on any atom is 0.348 e. The van der Waals surface area contributed by atoms with Crippen LogP contribution in [0, 0.1) is 6.92 Å². The Balaban J connectivity index is 1.84. The van der Waals surface area contributed by atoms with Crippen LogP contribution in [0.4, 0.5) is 5.69 Å². The SMILES string of the molecule is COCCOC(=O)c1sc2ncn(CC(=O)Nc3ccccc3C(N)=O)c(=O)c2c1C. The van der Waals surface area contributed by atoms with Gasteiger partial charge in [-0.05, 0) is 24.6 Å². The molecule has 3 aromatic rings. The van der Waals surface area contributed by atoms with Gasteiger partial charge in [0, 0.05) is 7.11 Å². The maximum absolute atomic E-state index is 12.9. The molecule has 162 valence electrons. The Labute approximate surface area is 180 Å². The summed E-state index contributed by atoms with van der Waals surface area (Å²) in [6.07, 6.45) is 1.24. The van der Waals surface area contributed by atoms with Crippen LogP contribution in [-0.2, 0) is 20.8 Å². The Morgan fingerprint density at radius 1 is 1.23 bits per heavy atom. The average Bonchev–Trinajstić information content (AvgIpc) is 3.07. The summed E-state index contributed by atoms with van der Waals surface area (Å²) >= 11 is 1.05. The van der Waals surface area contributed by atoms with Gasteiger partial charge in [0.25, 0.3) is 11.5 Å². The zero-order valence-corrected chi connectivity index (χ0v) is 17.7. The summed E-state index contributed by atoms with van der Waals surface area (Å²) in [6.45, 7) is 1.64.